The number of methoxy groups -OCH3 is 3. The fourth-order valence-corrected chi connectivity index (χ4v) is 3.05. The molecule has 1 aliphatic heterocycles. The second-order valence-electron chi connectivity index (χ2n) is 5.47. The number of aromatic hydroxyl groups is 1. The molecule has 0 amide bonds. The predicted octanol–water partition coefficient (Wildman–Crippen LogP) is 2.65. The second-order valence-corrected chi connectivity index (χ2v) is 5.47. The fourth-order valence-electron chi connectivity index (χ4n) is 3.05. The van der Waals surface area contributed by atoms with Gasteiger partial charge in [0.05, 0.1) is 27.4 Å². The normalized spacial score (nSPS) is 16.6. The molecule has 1 heterocycles. The lowest BCUT2D eigenvalue weighted by Crippen LogP contribution is -2.30. The lowest BCUT2D eigenvalue weighted by molar-refractivity contribution is 0.352. The molecule has 3 rings (SSSR count). The molecule has 0 fully saturated rings. The lowest BCUT2D eigenvalue weighted by Gasteiger charge is -2.29. The van der Waals surface area contributed by atoms with Gasteiger partial charge in [0.15, 0.2) is 11.5 Å². The maximum Gasteiger partial charge on any atom is 0.161 e. The van der Waals surface area contributed by atoms with Gasteiger partial charge in [-0.1, -0.05) is 0 Å². The summed E-state index contributed by atoms with van der Waals surface area (Å²) in [4.78, 5) is 0. The van der Waals surface area contributed by atoms with E-state index in [0.717, 1.165) is 29.8 Å². The highest BCUT2D eigenvalue weighted by molar-refractivity contribution is 5.54. The van der Waals surface area contributed by atoms with Crippen LogP contribution < -0.4 is 19.5 Å². The van der Waals surface area contributed by atoms with Crippen LogP contribution in [0.3, 0.4) is 0 Å². The molecule has 0 bridgehead atoms. The Labute approximate surface area is 135 Å². The molecule has 0 radical (unpaired) electrons. The van der Waals surface area contributed by atoms with E-state index in [1.165, 1.54) is 5.56 Å². The average Bonchev–Trinajstić information content (AvgIpc) is 2.60. The minimum atomic E-state index is -0.117. The van der Waals surface area contributed by atoms with Crippen LogP contribution in [0, 0.1) is 0 Å². The van der Waals surface area contributed by atoms with Crippen molar-refractivity contribution in [2.75, 3.05) is 27.9 Å². The number of phenols is 1. The Bertz CT molecular complexity index is 714. The number of fused-ring (bicyclic) bond motifs is 1. The first kappa shape index (κ1) is 15.5. The molecule has 0 aromatic heterocycles. The van der Waals surface area contributed by atoms with E-state index in [-0.39, 0.29) is 11.8 Å². The largest absolute Gasteiger partial charge is 0.508 e. The first-order valence-corrected chi connectivity index (χ1v) is 7.53. The van der Waals surface area contributed by atoms with Crippen molar-refractivity contribution in [3.63, 3.8) is 0 Å². The van der Waals surface area contributed by atoms with Gasteiger partial charge in [-0.05, 0) is 47.9 Å². The van der Waals surface area contributed by atoms with Crippen molar-refractivity contribution in [2.24, 2.45) is 0 Å². The smallest absolute Gasteiger partial charge is 0.161 e. The summed E-state index contributed by atoms with van der Waals surface area (Å²) in [6, 6.07) is 9.14. The van der Waals surface area contributed by atoms with Crippen LogP contribution in [-0.4, -0.2) is 33.0 Å². The Morgan fingerprint density at radius 3 is 2.39 bits per heavy atom. The lowest BCUT2D eigenvalue weighted by atomic mass is 9.89. The zero-order valence-electron chi connectivity index (χ0n) is 13.6. The minimum absolute atomic E-state index is 0.117. The van der Waals surface area contributed by atoms with E-state index in [1.807, 2.05) is 18.2 Å². The molecule has 0 unspecified atom stereocenters. The first-order chi connectivity index (χ1) is 11.2. The third-order valence-electron chi connectivity index (χ3n) is 4.24. The van der Waals surface area contributed by atoms with Gasteiger partial charge in [-0.2, -0.15) is 0 Å². The molecule has 23 heavy (non-hydrogen) atoms. The molecule has 2 aromatic carbocycles. The van der Waals surface area contributed by atoms with Crippen molar-refractivity contribution >= 4 is 0 Å². The molecule has 5 nitrogen and oxygen atoms in total. The summed E-state index contributed by atoms with van der Waals surface area (Å²) in [6.07, 6.45) is 0.900. The summed E-state index contributed by atoms with van der Waals surface area (Å²) in [5.74, 6) is 2.36. The number of nitrogens with one attached hydrogen (secondary N) is 1. The van der Waals surface area contributed by atoms with Crippen molar-refractivity contribution in [3.8, 4) is 23.0 Å². The summed E-state index contributed by atoms with van der Waals surface area (Å²) in [5, 5.41) is 13.7. The van der Waals surface area contributed by atoms with Gasteiger partial charge in [-0.3, -0.25) is 0 Å². The van der Waals surface area contributed by atoms with Crippen LogP contribution in [0.5, 0.6) is 23.0 Å². The zero-order valence-corrected chi connectivity index (χ0v) is 13.6. The maximum atomic E-state index is 10.3. The van der Waals surface area contributed by atoms with Crippen LogP contribution in [0.2, 0.25) is 0 Å². The predicted molar refractivity (Wildman–Crippen MR) is 87.8 cm³/mol. The number of phenolic OH excluding ortho intramolecular Hbond substituents is 1. The molecule has 1 atom stereocenters. The fraction of sp³-hybridized carbons (Fsp3) is 0.333. The molecule has 0 saturated heterocycles. The van der Waals surface area contributed by atoms with Crippen LogP contribution in [0.4, 0.5) is 0 Å². The van der Waals surface area contributed by atoms with Crippen molar-refractivity contribution < 1.29 is 19.3 Å². The van der Waals surface area contributed by atoms with Crippen molar-refractivity contribution in [1.29, 1.82) is 0 Å². The molecule has 2 N–H and O–H groups in total. The summed E-state index contributed by atoms with van der Waals surface area (Å²) in [5.41, 5.74) is 3.06. The topological polar surface area (TPSA) is 60.0 Å². The van der Waals surface area contributed by atoms with E-state index in [1.54, 1.807) is 33.5 Å². The van der Waals surface area contributed by atoms with E-state index >= 15 is 0 Å². The van der Waals surface area contributed by atoms with Gasteiger partial charge < -0.3 is 24.6 Å². The standard InChI is InChI=1S/C18H21NO4/c1-21-12-4-5-15(20)14(9-12)18-13-10-17(23-3)16(22-2)8-11(13)6-7-19-18/h4-5,8-10,18-20H,6-7H2,1-3H3/t18-/m1/s1. The Balaban J connectivity index is 2.11. The molecule has 1 aliphatic rings. The summed E-state index contributed by atoms with van der Waals surface area (Å²) < 4.78 is 16.1. The van der Waals surface area contributed by atoms with E-state index in [0.29, 0.717) is 11.5 Å². The number of benzene rings is 2. The Morgan fingerprint density at radius 2 is 1.70 bits per heavy atom. The molecule has 5 heteroatoms. The van der Waals surface area contributed by atoms with Gasteiger partial charge in [0.25, 0.3) is 0 Å². The minimum Gasteiger partial charge on any atom is -0.508 e. The van der Waals surface area contributed by atoms with Gasteiger partial charge in [-0.15, -0.1) is 0 Å². The quantitative estimate of drug-likeness (QED) is 0.908. The molecule has 0 spiro atoms. The van der Waals surface area contributed by atoms with Gasteiger partial charge in [0, 0.05) is 12.1 Å². The van der Waals surface area contributed by atoms with Gasteiger partial charge in [0.2, 0.25) is 0 Å². The van der Waals surface area contributed by atoms with E-state index in [2.05, 4.69) is 5.32 Å². The summed E-state index contributed by atoms with van der Waals surface area (Å²) >= 11 is 0. The van der Waals surface area contributed by atoms with Crippen molar-refractivity contribution in [1.82, 2.24) is 5.32 Å². The highest BCUT2D eigenvalue weighted by atomic mass is 16.5. The third kappa shape index (κ3) is 2.80. The molecule has 0 saturated carbocycles. The van der Waals surface area contributed by atoms with Crippen LogP contribution in [0.15, 0.2) is 30.3 Å². The highest BCUT2D eigenvalue weighted by Gasteiger charge is 2.26. The van der Waals surface area contributed by atoms with Crippen LogP contribution >= 0.6 is 0 Å². The Hall–Kier alpha value is -2.40. The number of hydrogen-bond acceptors (Lipinski definition) is 5. The van der Waals surface area contributed by atoms with Crippen LogP contribution in [0.25, 0.3) is 0 Å². The molecule has 2 aromatic rings. The van der Waals surface area contributed by atoms with Crippen molar-refractivity contribution in [2.45, 2.75) is 12.5 Å². The number of rotatable bonds is 4. The summed E-state index contributed by atoms with van der Waals surface area (Å²) in [7, 11) is 4.88. The second kappa shape index (κ2) is 6.38. The maximum absolute atomic E-state index is 10.3. The first-order valence-electron chi connectivity index (χ1n) is 7.53. The van der Waals surface area contributed by atoms with Crippen LogP contribution in [-0.2, 0) is 6.42 Å². The highest BCUT2D eigenvalue weighted by Crippen LogP contribution is 2.40. The van der Waals surface area contributed by atoms with E-state index in [4.69, 9.17) is 14.2 Å². The Kier molecular flexibility index (Phi) is 4.30. The van der Waals surface area contributed by atoms with Gasteiger partial charge in [-0.25, -0.2) is 0 Å². The summed E-state index contributed by atoms with van der Waals surface area (Å²) in [6.45, 7) is 0.823. The molecular weight excluding hydrogens is 294 g/mol. The Morgan fingerprint density at radius 1 is 0.957 bits per heavy atom. The monoisotopic (exact) mass is 315 g/mol. The van der Waals surface area contributed by atoms with Gasteiger partial charge in [0.1, 0.15) is 11.5 Å². The number of ether oxygens (including phenoxy) is 3. The third-order valence-corrected chi connectivity index (χ3v) is 4.24. The molecule has 122 valence electrons. The molecular formula is C18H21NO4. The SMILES string of the molecule is COc1ccc(O)c([C@@H]2NCCc3cc(OC)c(OC)cc32)c1. The average molecular weight is 315 g/mol. The van der Waals surface area contributed by atoms with E-state index < -0.39 is 0 Å². The van der Waals surface area contributed by atoms with E-state index in [9.17, 15) is 5.11 Å². The zero-order chi connectivity index (χ0) is 16.4. The van der Waals surface area contributed by atoms with Crippen LogP contribution in [0.1, 0.15) is 22.7 Å². The van der Waals surface area contributed by atoms with Gasteiger partial charge >= 0.3 is 0 Å². The molecule has 0 aliphatic carbocycles. The number of hydrogen-bond donors (Lipinski definition) is 2. The van der Waals surface area contributed by atoms with Crippen molar-refractivity contribution in [3.05, 3.63) is 47.0 Å².